The Balaban J connectivity index is 0. The van der Waals surface area contributed by atoms with Crippen LogP contribution in [-0.2, 0) is 6.18 Å². The van der Waals surface area contributed by atoms with Crippen molar-refractivity contribution < 1.29 is 18.3 Å². The van der Waals surface area contributed by atoms with E-state index in [1.807, 2.05) is 27.7 Å². The maximum absolute atomic E-state index is 12.6. The average molecular weight is 288 g/mol. The minimum absolute atomic E-state index is 0.0495. The van der Waals surface area contributed by atoms with Crippen molar-refractivity contribution in [1.82, 2.24) is 0 Å². The van der Waals surface area contributed by atoms with Gasteiger partial charge in [0.2, 0.25) is 0 Å². The summed E-state index contributed by atoms with van der Waals surface area (Å²) in [7, 11) is 0. The molecule has 1 rings (SSSR count). The van der Waals surface area contributed by atoms with Crippen molar-refractivity contribution in [1.29, 1.82) is 0 Å². The second-order valence-corrected chi connectivity index (χ2v) is 3.32. The van der Waals surface area contributed by atoms with Crippen LogP contribution < -0.4 is 0 Å². The second-order valence-electron chi connectivity index (χ2n) is 3.32. The Morgan fingerprint density at radius 3 is 2.10 bits per heavy atom. The summed E-state index contributed by atoms with van der Waals surface area (Å²) in [4.78, 5) is 0. The van der Waals surface area contributed by atoms with Gasteiger partial charge in [-0.3, -0.25) is 0 Å². The van der Waals surface area contributed by atoms with Crippen LogP contribution in [0.1, 0.15) is 50.8 Å². The molecule has 0 aliphatic carbocycles. The summed E-state index contributed by atoms with van der Waals surface area (Å²) in [6.07, 6.45) is -4.22. The Morgan fingerprint density at radius 2 is 1.65 bits per heavy atom. The van der Waals surface area contributed by atoms with E-state index < -0.39 is 11.7 Å². The second kappa shape index (κ2) is 11.4. The maximum atomic E-state index is 12.6. The standard InChI is InChI=1S/C12H11F3O.2C2H6/c1-9-5-6-10(4-2-3-7-16)11(8-9)12(13,14)15;2*1-2/h5-6,8,16H,3,7H2,1H3;2*1-2H3. The number of alkyl halides is 3. The van der Waals surface area contributed by atoms with Gasteiger partial charge in [-0.05, 0) is 19.1 Å². The highest BCUT2D eigenvalue weighted by atomic mass is 19.4. The summed E-state index contributed by atoms with van der Waals surface area (Å²) >= 11 is 0. The zero-order valence-corrected chi connectivity index (χ0v) is 12.7. The van der Waals surface area contributed by atoms with E-state index in [9.17, 15) is 13.2 Å². The zero-order valence-electron chi connectivity index (χ0n) is 12.7. The molecule has 0 saturated heterocycles. The third kappa shape index (κ3) is 7.85. The van der Waals surface area contributed by atoms with Gasteiger partial charge in [-0.2, -0.15) is 13.2 Å². The predicted molar refractivity (Wildman–Crippen MR) is 77.5 cm³/mol. The van der Waals surface area contributed by atoms with Crippen LogP contribution >= 0.6 is 0 Å². The van der Waals surface area contributed by atoms with Crippen LogP contribution in [0.4, 0.5) is 13.2 Å². The summed E-state index contributed by atoms with van der Waals surface area (Å²) in [5.74, 6) is 4.90. The molecule has 0 unspecified atom stereocenters. The Kier molecular flexibility index (Phi) is 11.8. The Bertz CT molecular complexity index is 426. The van der Waals surface area contributed by atoms with E-state index in [2.05, 4.69) is 11.8 Å². The molecule has 1 aromatic carbocycles. The number of aliphatic hydroxyl groups is 1. The minimum atomic E-state index is -4.39. The number of hydrogen-bond acceptors (Lipinski definition) is 1. The monoisotopic (exact) mass is 288 g/mol. The van der Waals surface area contributed by atoms with E-state index in [0.29, 0.717) is 5.56 Å². The third-order valence-electron chi connectivity index (χ3n) is 1.94. The number of aliphatic hydroxyl groups excluding tert-OH is 1. The van der Waals surface area contributed by atoms with E-state index in [0.717, 1.165) is 6.07 Å². The molecule has 1 aromatic rings. The summed E-state index contributed by atoms with van der Waals surface area (Å²) in [6, 6.07) is 4.00. The third-order valence-corrected chi connectivity index (χ3v) is 1.94. The Labute approximate surface area is 119 Å². The normalized spacial score (nSPS) is 9.25. The van der Waals surface area contributed by atoms with Gasteiger partial charge >= 0.3 is 6.18 Å². The number of hydrogen-bond donors (Lipinski definition) is 1. The zero-order chi connectivity index (χ0) is 16.2. The first-order chi connectivity index (χ1) is 9.45. The van der Waals surface area contributed by atoms with Gasteiger partial charge in [-0.1, -0.05) is 51.2 Å². The number of halogens is 3. The summed E-state index contributed by atoms with van der Waals surface area (Å²) in [5.41, 5.74) is -0.232. The molecule has 0 radical (unpaired) electrons. The maximum Gasteiger partial charge on any atom is 0.417 e. The van der Waals surface area contributed by atoms with Gasteiger partial charge < -0.3 is 5.11 Å². The molecule has 1 nitrogen and oxygen atoms in total. The van der Waals surface area contributed by atoms with Gasteiger partial charge in [0.25, 0.3) is 0 Å². The molecule has 0 aromatic heterocycles. The van der Waals surface area contributed by atoms with Crippen LogP contribution in [0.5, 0.6) is 0 Å². The summed E-state index contributed by atoms with van der Waals surface area (Å²) in [5, 5.41) is 8.49. The van der Waals surface area contributed by atoms with Crippen molar-refractivity contribution in [2.75, 3.05) is 6.61 Å². The molecule has 0 atom stereocenters. The van der Waals surface area contributed by atoms with Gasteiger partial charge in [-0.15, -0.1) is 0 Å². The molecule has 0 aliphatic rings. The molecular formula is C16H23F3O. The summed E-state index contributed by atoms with van der Waals surface area (Å²) < 4.78 is 37.9. The van der Waals surface area contributed by atoms with Crippen LogP contribution in [0.3, 0.4) is 0 Å². The fourth-order valence-electron chi connectivity index (χ4n) is 1.22. The lowest BCUT2D eigenvalue weighted by Crippen LogP contribution is -2.08. The first kappa shape index (κ1) is 20.8. The van der Waals surface area contributed by atoms with Crippen molar-refractivity contribution in [3.8, 4) is 11.8 Å². The van der Waals surface area contributed by atoms with Crippen molar-refractivity contribution in [3.63, 3.8) is 0 Å². The van der Waals surface area contributed by atoms with Crippen molar-refractivity contribution in [3.05, 3.63) is 34.9 Å². The largest absolute Gasteiger partial charge is 0.417 e. The molecule has 20 heavy (non-hydrogen) atoms. The molecule has 0 heterocycles. The van der Waals surface area contributed by atoms with Gasteiger partial charge in [0.05, 0.1) is 12.2 Å². The number of aryl methyl sites for hydroxylation is 1. The molecule has 4 heteroatoms. The predicted octanol–water partition coefficient (Wildman–Crippen LogP) is 4.80. The van der Waals surface area contributed by atoms with Crippen LogP contribution in [0, 0.1) is 18.8 Å². The molecule has 0 amide bonds. The topological polar surface area (TPSA) is 20.2 Å². The first-order valence-electron chi connectivity index (χ1n) is 6.72. The van der Waals surface area contributed by atoms with Gasteiger partial charge in [0, 0.05) is 12.0 Å². The fraction of sp³-hybridized carbons (Fsp3) is 0.500. The highest BCUT2D eigenvalue weighted by Gasteiger charge is 2.32. The van der Waals surface area contributed by atoms with E-state index in [1.54, 1.807) is 13.0 Å². The lowest BCUT2D eigenvalue weighted by atomic mass is 10.0. The molecule has 1 N–H and O–H groups in total. The van der Waals surface area contributed by atoms with Gasteiger partial charge in [-0.25, -0.2) is 0 Å². The SMILES string of the molecule is CC.CC.Cc1ccc(C#CCCO)c(C(F)(F)F)c1. The highest BCUT2D eigenvalue weighted by Crippen LogP contribution is 2.32. The van der Waals surface area contributed by atoms with E-state index in [4.69, 9.17) is 5.11 Å². The molecule has 0 aliphatic heterocycles. The molecule has 114 valence electrons. The van der Waals surface area contributed by atoms with E-state index in [-0.39, 0.29) is 18.6 Å². The van der Waals surface area contributed by atoms with Crippen LogP contribution in [0.15, 0.2) is 18.2 Å². The van der Waals surface area contributed by atoms with E-state index in [1.165, 1.54) is 6.07 Å². The number of rotatable bonds is 1. The minimum Gasteiger partial charge on any atom is -0.395 e. The highest BCUT2D eigenvalue weighted by molar-refractivity contribution is 5.44. The van der Waals surface area contributed by atoms with Crippen molar-refractivity contribution >= 4 is 0 Å². The first-order valence-corrected chi connectivity index (χ1v) is 6.72. The van der Waals surface area contributed by atoms with Gasteiger partial charge in [0.1, 0.15) is 0 Å². The van der Waals surface area contributed by atoms with Crippen molar-refractivity contribution in [2.24, 2.45) is 0 Å². The molecule has 0 saturated carbocycles. The van der Waals surface area contributed by atoms with E-state index >= 15 is 0 Å². The molecular weight excluding hydrogens is 265 g/mol. The number of benzene rings is 1. The lowest BCUT2D eigenvalue weighted by molar-refractivity contribution is -0.137. The Morgan fingerprint density at radius 1 is 1.10 bits per heavy atom. The fourth-order valence-corrected chi connectivity index (χ4v) is 1.22. The molecule has 0 fully saturated rings. The average Bonchev–Trinajstić information content (AvgIpc) is 2.44. The van der Waals surface area contributed by atoms with Crippen LogP contribution in [-0.4, -0.2) is 11.7 Å². The van der Waals surface area contributed by atoms with Crippen LogP contribution in [0.25, 0.3) is 0 Å². The summed E-state index contributed by atoms with van der Waals surface area (Å²) in [6.45, 7) is 9.44. The van der Waals surface area contributed by atoms with Crippen LogP contribution in [0.2, 0.25) is 0 Å². The van der Waals surface area contributed by atoms with Gasteiger partial charge in [0.15, 0.2) is 0 Å². The smallest absolute Gasteiger partial charge is 0.395 e. The Hall–Kier alpha value is -1.47. The quantitative estimate of drug-likeness (QED) is 0.736. The molecule has 0 bridgehead atoms. The van der Waals surface area contributed by atoms with Crippen molar-refractivity contribution in [2.45, 2.75) is 47.2 Å². The lowest BCUT2D eigenvalue weighted by Gasteiger charge is -2.09. The molecule has 0 spiro atoms.